The van der Waals surface area contributed by atoms with Gasteiger partial charge >= 0.3 is 0 Å². The van der Waals surface area contributed by atoms with Gasteiger partial charge in [0.25, 0.3) is 10.0 Å². The minimum absolute atomic E-state index is 0. The van der Waals surface area contributed by atoms with Crippen molar-refractivity contribution in [1.82, 2.24) is 14.7 Å². The number of sulfonamides is 1. The number of anilines is 2. The van der Waals surface area contributed by atoms with Crippen LogP contribution in [0.3, 0.4) is 0 Å². The summed E-state index contributed by atoms with van der Waals surface area (Å²) in [5.74, 6) is 0.0749. The van der Waals surface area contributed by atoms with Gasteiger partial charge in [0, 0.05) is 51.0 Å². The van der Waals surface area contributed by atoms with Crippen LogP contribution in [0, 0.1) is 5.92 Å². The fourth-order valence-electron chi connectivity index (χ4n) is 4.72. The van der Waals surface area contributed by atoms with Crippen molar-refractivity contribution in [3.05, 3.63) is 72.1 Å². The molecule has 186 valence electrons. The Balaban J connectivity index is 0.00000190. The number of allylic oxidation sites excluding steroid dienone is 1. The van der Waals surface area contributed by atoms with Crippen LogP contribution in [0.4, 0.5) is 10.8 Å². The van der Waals surface area contributed by atoms with Crippen molar-refractivity contribution >= 4 is 44.4 Å². The first kappa shape index (κ1) is 23.5. The van der Waals surface area contributed by atoms with Gasteiger partial charge in [-0.2, -0.15) is 4.37 Å². The molecule has 1 fully saturated rings. The number of piperidine rings is 1. The predicted molar refractivity (Wildman–Crippen MR) is 142 cm³/mol. The number of benzene rings is 2. The molecule has 10 heteroatoms. The molecule has 2 N–H and O–H groups in total. The first-order chi connectivity index (χ1) is 16.9. The zero-order valence-electron chi connectivity index (χ0n) is 19.3. The van der Waals surface area contributed by atoms with Gasteiger partial charge in [0.05, 0.1) is 4.90 Å². The topological polar surface area (TPSA) is 104 Å². The van der Waals surface area contributed by atoms with Crippen molar-refractivity contribution in [3.8, 4) is 0 Å². The molecule has 3 aromatic rings. The summed E-state index contributed by atoms with van der Waals surface area (Å²) in [6, 6.07) is 15.2. The Morgan fingerprint density at radius 2 is 1.89 bits per heavy atom. The Labute approximate surface area is 212 Å². The Hall–Kier alpha value is -3.24. The Morgan fingerprint density at radius 3 is 2.60 bits per heavy atom. The third kappa shape index (κ3) is 5.08. The molecule has 2 heterocycles. The third-order valence-corrected chi connectivity index (χ3v) is 8.79. The van der Waals surface area contributed by atoms with E-state index < -0.39 is 10.0 Å². The number of hydrogen-bond acceptors (Lipinski definition) is 7. The van der Waals surface area contributed by atoms with Gasteiger partial charge in [0.2, 0.25) is 11.0 Å². The van der Waals surface area contributed by atoms with Crippen LogP contribution in [0.25, 0.3) is 6.08 Å². The van der Waals surface area contributed by atoms with Crippen molar-refractivity contribution in [3.63, 3.8) is 0 Å². The smallest absolute Gasteiger partial charge is 0.263 e. The number of rotatable bonds is 7. The van der Waals surface area contributed by atoms with Crippen molar-refractivity contribution in [1.29, 1.82) is 0 Å². The number of hydrogen-bond donors (Lipinski definition) is 2. The molecule has 1 aliphatic heterocycles. The Bertz CT molecular complexity index is 1330. The molecule has 5 rings (SSSR count). The molecule has 1 saturated heterocycles. The minimum Gasteiger partial charge on any atom is -0.371 e. The summed E-state index contributed by atoms with van der Waals surface area (Å²) in [6.07, 6.45) is 7.22. The van der Waals surface area contributed by atoms with Crippen molar-refractivity contribution in [2.45, 2.75) is 36.6 Å². The molecule has 2 aromatic carbocycles. The number of nitrogens with zero attached hydrogens (tertiary/aromatic N) is 3. The molecular formula is C25H31N5O3S2. The second-order valence-corrected chi connectivity index (χ2v) is 11.4. The van der Waals surface area contributed by atoms with Crippen molar-refractivity contribution in [2.75, 3.05) is 22.7 Å². The molecule has 35 heavy (non-hydrogen) atoms. The van der Waals surface area contributed by atoms with Crippen LogP contribution in [0.5, 0.6) is 0 Å². The SMILES string of the molecule is C[C@H](C(=O)NC1CCN(c2ccc(S(=O)(=O)Nc3ncns3)cc2)CC1)C1C=Cc2ccccc21.[HH].[HH]. The molecule has 8 nitrogen and oxygen atoms in total. The second-order valence-electron chi connectivity index (χ2n) is 8.92. The molecular weight excluding hydrogens is 482 g/mol. The van der Waals surface area contributed by atoms with E-state index >= 15 is 0 Å². The highest BCUT2D eigenvalue weighted by Crippen LogP contribution is 2.35. The van der Waals surface area contributed by atoms with Crippen LogP contribution >= 0.6 is 11.5 Å². The zero-order valence-corrected chi connectivity index (χ0v) is 20.9. The maximum absolute atomic E-state index is 13.0. The average Bonchev–Trinajstić information content (AvgIpc) is 3.54. The first-order valence-electron chi connectivity index (χ1n) is 11.6. The Morgan fingerprint density at radius 1 is 1.14 bits per heavy atom. The fourth-order valence-corrected chi connectivity index (χ4v) is 6.38. The number of carbonyl (C=O) groups is 1. The van der Waals surface area contributed by atoms with Gasteiger partial charge in [-0.3, -0.25) is 9.52 Å². The molecule has 1 unspecified atom stereocenters. The van der Waals surface area contributed by atoms with Crippen LogP contribution in [0.1, 0.15) is 39.7 Å². The van der Waals surface area contributed by atoms with E-state index in [0.717, 1.165) is 43.2 Å². The second kappa shape index (κ2) is 9.79. The maximum Gasteiger partial charge on any atom is 0.263 e. The number of fused-ring (bicyclic) bond motifs is 1. The van der Waals surface area contributed by atoms with Crippen LogP contribution < -0.4 is 14.9 Å². The summed E-state index contributed by atoms with van der Waals surface area (Å²) in [6.45, 7) is 3.58. The van der Waals surface area contributed by atoms with Gasteiger partial charge in [-0.1, -0.05) is 43.3 Å². The maximum atomic E-state index is 13.0. The highest BCUT2D eigenvalue weighted by atomic mass is 32.2. The number of aromatic nitrogens is 2. The lowest BCUT2D eigenvalue weighted by Gasteiger charge is -2.34. The van der Waals surface area contributed by atoms with Crippen LogP contribution in [-0.4, -0.2) is 42.8 Å². The molecule has 1 aromatic heterocycles. The van der Waals surface area contributed by atoms with Crippen molar-refractivity contribution < 1.29 is 16.1 Å². The number of amides is 1. The summed E-state index contributed by atoms with van der Waals surface area (Å²) in [5, 5.41) is 3.49. The van der Waals surface area contributed by atoms with Gasteiger partial charge in [0.1, 0.15) is 6.33 Å². The van der Waals surface area contributed by atoms with Crippen molar-refractivity contribution in [2.24, 2.45) is 5.92 Å². The summed E-state index contributed by atoms with van der Waals surface area (Å²) in [4.78, 5) is 19.2. The highest BCUT2D eigenvalue weighted by Gasteiger charge is 2.30. The molecule has 0 bridgehead atoms. The normalized spacial score (nSPS) is 18.8. The summed E-state index contributed by atoms with van der Waals surface area (Å²) in [5.41, 5.74) is 3.37. The molecule has 2 aliphatic rings. The molecule has 0 spiro atoms. The standard InChI is InChI=1S/C25H27N5O3S2.2H2/c1-17(22-11-6-18-4-2-3-5-23(18)22)24(31)28-19-12-14-30(15-13-19)20-7-9-21(10-8-20)35(32,33)29-25-26-16-27-34-25;;/h2-11,16-17,19,22H,12-15H2,1H3,(H,28,31)(H,26,27,29);2*1H/t17-,22?;;/m0../s1. The van der Waals surface area contributed by atoms with E-state index in [-0.39, 0.29) is 36.7 Å². The minimum atomic E-state index is -3.70. The number of nitrogens with one attached hydrogen (secondary N) is 2. The largest absolute Gasteiger partial charge is 0.371 e. The lowest BCUT2D eigenvalue weighted by atomic mass is 9.88. The van der Waals surface area contributed by atoms with E-state index in [0.29, 0.717) is 0 Å². The van der Waals surface area contributed by atoms with E-state index in [4.69, 9.17) is 0 Å². The monoisotopic (exact) mass is 513 g/mol. The number of carbonyl (C=O) groups excluding carboxylic acids is 1. The van der Waals surface area contributed by atoms with Crippen LogP contribution in [-0.2, 0) is 14.8 Å². The van der Waals surface area contributed by atoms with E-state index in [1.165, 1.54) is 17.5 Å². The molecule has 1 amide bonds. The molecule has 1 aliphatic carbocycles. The highest BCUT2D eigenvalue weighted by molar-refractivity contribution is 7.93. The van der Waals surface area contributed by atoms with E-state index in [2.05, 4.69) is 48.6 Å². The lowest BCUT2D eigenvalue weighted by Crippen LogP contribution is -2.46. The fraction of sp³-hybridized carbons (Fsp3) is 0.320. The zero-order chi connectivity index (χ0) is 24.4. The average molecular weight is 514 g/mol. The quantitative estimate of drug-likeness (QED) is 0.486. The first-order valence-corrected chi connectivity index (χ1v) is 13.9. The van der Waals surface area contributed by atoms with E-state index in [1.54, 1.807) is 12.1 Å². The molecule has 2 atom stereocenters. The summed E-state index contributed by atoms with van der Waals surface area (Å²) >= 11 is 0.987. The van der Waals surface area contributed by atoms with Gasteiger partial charge in [-0.05, 0) is 48.2 Å². The van der Waals surface area contributed by atoms with Gasteiger partial charge < -0.3 is 10.2 Å². The van der Waals surface area contributed by atoms with Crippen LogP contribution in [0.2, 0.25) is 0 Å². The van der Waals surface area contributed by atoms with E-state index in [9.17, 15) is 13.2 Å². The van der Waals surface area contributed by atoms with E-state index in [1.807, 2.05) is 31.2 Å². The lowest BCUT2D eigenvalue weighted by molar-refractivity contribution is -0.125. The van der Waals surface area contributed by atoms with Gasteiger partial charge in [-0.15, -0.1) is 0 Å². The predicted octanol–water partition coefficient (Wildman–Crippen LogP) is 4.36. The van der Waals surface area contributed by atoms with Gasteiger partial charge in [0.15, 0.2) is 0 Å². The molecule has 0 radical (unpaired) electrons. The Kier molecular flexibility index (Phi) is 6.57. The summed E-state index contributed by atoms with van der Waals surface area (Å²) < 4.78 is 31.3. The van der Waals surface area contributed by atoms with Crippen LogP contribution in [0.15, 0.2) is 65.8 Å². The molecule has 0 saturated carbocycles. The summed E-state index contributed by atoms with van der Waals surface area (Å²) in [7, 11) is -3.70. The van der Waals surface area contributed by atoms with Gasteiger partial charge in [-0.25, -0.2) is 13.4 Å². The third-order valence-electron chi connectivity index (χ3n) is 6.73.